The molecule has 4 N–H and O–H groups in total. The van der Waals surface area contributed by atoms with Gasteiger partial charge in [0.25, 0.3) is 5.91 Å². The van der Waals surface area contributed by atoms with Gasteiger partial charge in [-0.3, -0.25) is 9.69 Å². The molecule has 1 aliphatic rings. The van der Waals surface area contributed by atoms with E-state index in [-0.39, 0.29) is 17.9 Å². The molecule has 2 unspecified atom stereocenters. The van der Waals surface area contributed by atoms with Gasteiger partial charge in [0.15, 0.2) is 0 Å². The van der Waals surface area contributed by atoms with Gasteiger partial charge in [0, 0.05) is 23.4 Å². The molecule has 0 aromatic heterocycles. The summed E-state index contributed by atoms with van der Waals surface area (Å²) in [5.41, 5.74) is 14.0. The van der Waals surface area contributed by atoms with E-state index in [2.05, 4.69) is 4.99 Å². The number of rotatable bonds is 6. The summed E-state index contributed by atoms with van der Waals surface area (Å²) in [5, 5.41) is 0. The van der Waals surface area contributed by atoms with E-state index in [0.717, 1.165) is 5.56 Å². The predicted molar refractivity (Wildman–Crippen MR) is 135 cm³/mol. The van der Waals surface area contributed by atoms with Crippen molar-refractivity contribution in [3.8, 4) is 0 Å². The summed E-state index contributed by atoms with van der Waals surface area (Å²) < 4.78 is 18.9. The highest BCUT2D eigenvalue weighted by Crippen LogP contribution is 2.25. The Morgan fingerprint density at radius 1 is 1.14 bits per heavy atom. The number of nitrogens with zero attached hydrogens (tertiary/aromatic N) is 3. The third-order valence-corrected chi connectivity index (χ3v) is 5.40. The minimum absolute atomic E-state index is 0.0569. The molecule has 35 heavy (non-hydrogen) atoms. The minimum atomic E-state index is -0.628. The zero-order chi connectivity index (χ0) is 26.1. The number of aliphatic imine (C=N–C) groups is 1. The van der Waals surface area contributed by atoms with Crippen LogP contribution >= 0.6 is 0 Å². The fourth-order valence-corrected chi connectivity index (χ4v) is 3.50. The SMILES string of the molecule is CC.CC1C(N)=C(C(N)=NC(=O)c2ccc(F)cc2)CN1C(=O)OC(CN(C)C)c1ccccc1. The maximum atomic E-state index is 13.1. The van der Waals surface area contributed by atoms with Crippen LogP contribution in [0, 0.1) is 5.82 Å². The van der Waals surface area contributed by atoms with Crippen LogP contribution in [0.1, 0.15) is 42.8 Å². The first kappa shape index (κ1) is 27.5. The van der Waals surface area contributed by atoms with Gasteiger partial charge in [-0.05, 0) is 50.8 Å². The fraction of sp³-hybridized carbons (Fsp3) is 0.346. The normalized spacial score (nSPS) is 16.6. The molecule has 8 nitrogen and oxygen atoms in total. The molecule has 1 aliphatic heterocycles. The van der Waals surface area contributed by atoms with Crippen LogP contribution in [-0.2, 0) is 4.74 Å². The molecule has 2 atom stereocenters. The molecule has 2 aromatic carbocycles. The van der Waals surface area contributed by atoms with Crippen molar-refractivity contribution in [2.75, 3.05) is 27.2 Å². The maximum Gasteiger partial charge on any atom is 0.411 e. The number of ether oxygens (including phenoxy) is 1. The van der Waals surface area contributed by atoms with E-state index in [1.54, 1.807) is 6.92 Å². The van der Waals surface area contributed by atoms with Crippen LogP contribution in [0.5, 0.6) is 0 Å². The average Bonchev–Trinajstić information content (AvgIpc) is 3.15. The Morgan fingerprint density at radius 3 is 2.31 bits per heavy atom. The quantitative estimate of drug-likeness (QED) is 0.478. The number of carbonyl (C=O) groups is 2. The minimum Gasteiger partial charge on any atom is -0.440 e. The van der Waals surface area contributed by atoms with Gasteiger partial charge in [-0.1, -0.05) is 44.2 Å². The first-order valence-corrected chi connectivity index (χ1v) is 11.5. The number of benzene rings is 2. The highest BCUT2D eigenvalue weighted by molar-refractivity contribution is 6.09. The summed E-state index contributed by atoms with van der Waals surface area (Å²) in [4.78, 5) is 32.7. The maximum absolute atomic E-state index is 13.1. The van der Waals surface area contributed by atoms with E-state index in [0.29, 0.717) is 17.8 Å². The number of amides is 2. The molecule has 2 amide bonds. The van der Waals surface area contributed by atoms with Crippen LogP contribution in [0.3, 0.4) is 0 Å². The van der Waals surface area contributed by atoms with Crippen molar-refractivity contribution >= 4 is 17.8 Å². The van der Waals surface area contributed by atoms with E-state index in [9.17, 15) is 14.0 Å². The molecule has 188 valence electrons. The second-order valence-corrected chi connectivity index (χ2v) is 8.09. The number of hydrogen-bond donors (Lipinski definition) is 2. The summed E-state index contributed by atoms with van der Waals surface area (Å²) in [5.74, 6) is -1.18. The van der Waals surface area contributed by atoms with Crippen molar-refractivity contribution in [2.45, 2.75) is 32.9 Å². The van der Waals surface area contributed by atoms with Gasteiger partial charge in [-0.15, -0.1) is 0 Å². The monoisotopic (exact) mass is 483 g/mol. The van der Waals surface area contributed by atoms with Gasteiger partial charge in [-0.2, -0.15) is 4.99 Å². The number of carbonyl (C=O) groups excluding carboxylic acids is 2. The fourth-order valence-electron chi connectivity index (χ4n) is 3.50. The highest BCUT2D eigenvalue weighted by atomic mass is 19.1. The van der Waals surface area contributed by atoms with Crippen molar-refractivity contribution in [3.05, 3.63) is 82.8 Å². The van der Waals surface area contributed by atoms with E-state index in [4.69, 9.17) is 16.2 Å². The number of halogens is 1. The van der Waals surface area contributed by atoms with Crippen LogP contribution in [0.4, 0.5) is 9.18 Å². The molecule has 0 saturated carbocycles. The van der Waals surface area contributed by atoms with Crippen molar-refractivity contribution in [1.29, 1.82) is 0 Å². The molecule has 0 spiro atoms. The molecule has 0 saturated heterocycles. The van der Waals surface area contributed by atoms with Crippen LogP contribution in [0.15, 0.2) is 70.9 Å². The smallest absolute Gasteiger partial charge is 0.411 e. The largest absolute Gasteiger partial charge is 0.440 e. The van der Waals surface area contributed by atoms with Gasteiger partial charge in [0.2, 0.25) is 0 Å². The van der Waals surface area contributed by atoms with Crippen LogP contribution in [-0.4, -0.2) is 60.9 Å². The van der Waals surface area contributed by atoms with E-state index in [1.165, 1.54) is 29.2 Å². The number of hydrogen-bond acceptors (Lipinski definition) is 5. The number of likely N-dealkylation sites (N-methyl/N-ethyl adjacent to an activating group) is 1. The Hall–Kier alpha value is -3.72. The standard InChI is InChI=1S/C24H28FN5O3.C2H6/c1-15-21(26)19(22(27)28-23(31)17-9-11-18(25)12-10-17)13-30(15)24(32)33-20(14-29(2)3)16-7-5-4-6-8-16;1-2/h4-12,15,20H,13-14,26H2,1-3H3,(H2,27,28,31);1-2H3. The van der Waals surface area contributed by atoms with E-state index >= 15 is 0 Å². The van der Waals surface area contributed by atoms with Gasteiger partial charge >= 0.3 is 6.09 Å². The lowest BCUT2D eigenvalue weighted by Gasteiger charge is -2.27. The number of nitrogens with two attached hydrogens (primary N) is 2. The Kier molecular flexibility index (Phi) is 9.96. The van der Waals surface area contributed by atoms with Crippen molar-refractivity contribution in [1.82, 2.24) is 9.80 Å². The summed E-state index contributed by atoms with van der Waals surface area (Å²) in [6.07, 6.45) is -1.02. The van der Waals surface area contributed by atoms with Crippen molar-refractivity contribution in [3.63, 3.8) is 0 Å². The van der Waals surface area contributed by atoms with Gasteiger partial charge in [-0.25, -0.2) is 9.18 Å². The molecule has 9 heteroatoms. The summed E-state index contributed by atoms with van der Waals surface area (Å²) >= 11 is 0. The second kappa shape index (κ2) is 12.7. The lowest BCUT2D eigenvalue weighted by atomic mass is 10.1. The van der Waals surface area contributed by atoms with Crippen molar-refractivity contribution in [2.24, 2.45) is 16.5 Å². The lowest BCUT2D eigenvalue weighted by Crippen LogP contribution is -2.39. The van der Waals surface area contributed by atoms with E-state index < -0.39 is 30.0 Å². The zero-order valence-corrected chi connectivity index (χ0v) is 20.9. The third-order valence-electron chi connectivity index (χ3n) is 5.40. The Morgan fingerprint density at radius 2 is 1.74 bits per heavy atom. The van der Waals surface area contributed by atoms with Crippen molar-refractivity contribution < 1.29 is 18.7 Å². The van der Waals surface area contributed by atoms with Gasteiger partial charge < -0.3 is 21.1 Å². The molecular formula is C26H34FN5O3. The zero-order valence-electron chi connectivity index (χ0n) is 20.9. The molecule has 1 heterocycles. The molecule has 3 rings (SSSR count). The highest BCUT2D eigenvalue weighted by Gasteiger charge is 2.35. The molecule has 0 bridgehead atoms. The van der Waals surface area contributed by atoms with Crippen LogP contribution in [0.2, 0.25) is 0 Å². The topological polar surface area (TPSA) is 114 Å². The predicted octanol–water partition coefficient (Wildman–Crippen LogP) is 3.71. The van der Waals surface area contributed by atoms with Crippen LogP contribution in [0.25, 0.3) is 0 Å². The first-order chi connectivity index (χ1) is 16.7. The molecular weight excluding hydrogens is 449 g/mol. The van der Waals surface area contributed by atoms with E-state index in [1.807, 2.05) is 63.2 Å². The summed E-state index contributed by atoms with van der Waals surface area (Å²) in [6, 6.07) is 14.0. The first-order valence-electron chi connectivity index (χ1n) is 11.5. The average molecular weight is 484 g/mol. The summed E-state index contributed by atoms with van der Waals surface area (Å²) in [7, 11) is 3.80. The molecule has 2 aromatic rings. The van der Waals surface area contributed by atoms with Gasteiger partial charge in [0.1, 0.15) is 17.8 Å². The molecule has 0 fully saturated rings. The Balaban J connectivity index is 0.00000210. The Labute approximate surface area is 206 Å². The van der Waals surface area contributed by atoms with Crippen LogP contribution < -0.4 is 11.5 Å². The lowest BCUT2D eigenvalue weighted by molar-refractivity contribution is 0.0498. The Bertz CT molecular complexity index is 1070. The second-order valence-electron chi connectivity index (χ2n) is 8.09. The number of amidine groups is 1. The van der Waals surface area contributed by atoms with Gasteiger partial charge in [0.05, 0.1) is 12.6 Å². The molecule has 0 radical (unpaired) electrons. The third kappa shape index (κ3) is 7.13. The summed E-state index contributed by atoms with van der Waals surface area (Å²) in [6.45, 7) is 6.31. The molecule has 0 aliphatic carbocycles.